The van der Waals surface area contributed by atoms with Gasteiger partial charge in [0.25, 0.3) is 5.91 Å². The monoisotopic (exact) mass is 672 g/mol. The number of piperidine rings is 1. The van der Waals surface area contributed by atoms with Crippen LogP contribution in [-0.4, -0.2) is 77.7 Å². The van der Waals surface area contributed by atoms with E-state index in [1.807, 2.05) is 6.92 Å². The highest BCUT2D eigenvalue weighted by Gasteiger charge is 2.54. The average Bonchev–Trinajstić information content (AvgIpc) is 3.62. The van der Waals surface area contributed by atoms with Crippen molar-refractivity contribution in [2.75, 3.05) is 36.7 Å². The van der Waals surface area contributed by atoms with E-state index in [1.165, 1.54) is 32.4 Å². The number of amides is 2. The normalized spacial score (nSPS) is 24.7. The molecule has 5 atom stereocenters. The highest BCUT2D eigenvalue weighted by Crippen LogP contribution is 2.39. The molecule has 5 heterocycles. The van der Waals surface area contributed by atoms with Gasteiger partial charge in [0.05, 0.1) is 35.9 Å². The first kappa shape index (κ1) is 32.4. The Morgan fingerprint density at radius 2 is 1.81 bits per heavy atom. The van der Waals surface area contributed by atoms with Crippen LogP contribution >= 0.6 is 11.6 Å². The Balaban J connectivity index is 1.20. The summed E-state index contributed by atoms with van der Waals surface area (Å²) in [6, 6.07) is 11.2. The fourth-order valence-corrected chi connectivity index (χ4v) is 6.45. The maximum atomic E-state index is 14.1. The van der Waals surface area contributed by atoms with Crippen LogP contribution in [0.4, 0.5) is 29.3 Å². The van der Waals surface area contributed by atoms with E-state index in [-0.39, 0.29) is 30.2 Å². The number of aromatic nitrogens is 2. The maximum absolute atomic E-state index is 14.1. The number of nitrogens with zero attached hydrogens (tertiary/aromatic N) is 6. The minimum atomic E-state index is -4.80. The lowest BCUT2D eigenvalue weighted by molar-refractivity contribution is -0.131. The second kappa shape index (κ2) is 12.9. The number of anilines is 2. The van der Waals surface area contributed by atoms with Gasteiger partial charge < -0.3 is 19.1 Å². The molecular formula is C32H32ClF3N6O5. The third-order valence-electron chi connectivity index (χ3n) is 8.67. The van der Waals surface area contributed by atoms with Crippen LogP contribution in [0.25, 0.3) is 0 Å². The first-order valence-corrected chi connectivity index (χ1v) is 15.4. The zero-order valence-electron chi connectivity index (χ0n) is 25.7. The number of carbonyl (C=O) groups is 2. The molecule has 6 rings (SSSR count). The maximum Gasteiger partial charge on any atom is 0.431 e. The van der Waals surface area contributed by atoms with Crippen LogP contribution in [0.3, 0.4) is 0 Å². The Morgan fingerprint density at radius 1 is 1.06 bits per heavy atom. The molecule has 0 N–H and O–H groups in total. The van der Waals surface area contributed by atoms with E-state index in [1.54, 1.807) is 42.6 Å². The molecule has 0 bridgehead atoms. The molecule has 0 aliphatic carbocycles. The van der Waals surface area contributed by atoms with Gasteiger partial charge in [-0.25, -0.2) is 19.7 Å². The number of pyridine rings is 2. The lowest BCUT2D eigenvalue weighted by atomic mass is 9.95. The molecule has 47 heavy (non-hydrogen) atoms. The largest absolute Gasteiger partial charge is 0.481 e. The summed E-state index contributed by atoms with van der Waals surface area (Å²) in [6.07, 6.45) is -2.41. The second-order valence-corrected chi connectivity index (χ2v) is 12.1. The van der Waals surface area contributed by atoms with E-state index in [4.69, 9.17) is 25.8 Å². The van der Waals surface area contributed by atoms with E-state index in [0.717, 1.165) is 15.6 Å². The predicted octanol–water partition coefficient (Wildman–Crippen LogP) is 5.90. The minimum absolute atomic E-state index is 0.0682. The molecular weight excluding hydrogens is 641 g/mol. The van der Waals surface area contributed by atoms with E-state index in [0.29, 0.717) is 36.0 Å². The lowest BCUT2D eigenvalue weighted by Gasteiger charge is -2.38. The third-order valence-corrected chi connectivity index (χ3v) is 8.96. The Morgan fingerprint density at radius 3 is 2.47 bits per heavy atom. The SMILES string of the molecule is COc1cc(N2CC[C@H](Oc3ccc(N4N=C(C(F)(F)F)[C@@H](C)[C@@H]4C(=O)N4C(=O)OCC4c4ccccc4)cn3)C(C)C2)c(Cl)cn1. The summed E-state index contributed by atoms with van der Waals surface area (Å²) in [7, 11) is 1.54. The van der Waals surface area contributed by atoms with Crippen LogP contribution in [-0.2, 0) is 9.53 Å². The Kier molecular flexibility index (Phi) is 8.88. The number of hydrogen-bond acceptors (Lipinski definition) is 10. The third kappa shape index (κ3) is 6.38. The van der Waals surface area contributed by atoms with Crippen molar-refractivity contribution in [1.29, 1.82) is 0 Å². The van der Waals surface area contributed by atoms with Gasteiger partial charge in [-0.2, -0.15) is 18.3 Å². The summed E-state index contributed by atoms with van der Waals surface area (Å²) in [6.45, 7) is 4.48. The van der Waals surface area contributed by atoms with Crippen molar-refractivity contribution in [3.63, 3.8) is 0 Å². The fraction of sp³-hybridized carbons (Fsp3) is 0.406. The molecule has 15 heteroatoms. The first-order valence-electron chi connectivity index (χ1n) is 15.0. The number of benzene rings is 1. The minimum Gasteiger partial charge on any atom is -0.481 e. The van der Waals surface area contributed by atoms with Gasteiger partial charge in [0.2, 0.25) is 11.8 Å². The topological polar surface area (TPSA) is 110 Å². The summed E-state index contributed by atoms with van der Waals surface area (Å²) in [5.74, 6) is -1.45. The van der Waals surface area contributed by atoms with Crippen molar-refractivity contribution >= 4 is 40.7 Å². The molecule has 3 aliphatic heterocycles. The van der Waals surface area contributed by atoms with E-state index in [2.05, 4.69) is 20.0 Å². The predicted molar refractivity (Wildman–Crippen MR) is 167 cm³/mol. The number of hydrogen-bond donors (Lipinski definition) is 0. The van der Waals surface area contributed by atoms with Crippen molar-refractivity contribution in [1.82, 2.24) is 14.9 Å². The van der Waals surface area contributed by atoms with E-state index >= 15 is 0 Å². The highest BCUT2D eigenvalue weighted by molar-refractivity contribution is 6.33. The van der Waals surface area contributed by atoms with Gasteiger partial charge in [0, 0.05) is 43.5 Å². The highest BCUT2D eigenvalue weighted by atomic mass is 35.5. The van der Waals surface area contributed by atoms with E-state index in [9.17, 15) is 22.8 Å². The molecule has 3 aromatic rings. The molecule has 0 radical (unpaired) electrons. The molecule has 2 fully saturated rings. The van der Waals surface area contributed by atoms with Crippen molar-refractivity contribution in [3.05, 3.63) is 71.5 Å². The Bertz CT molecular complexity index is 1660. The average molecular weight is 673 g/mol. The Hall–Kier alpha value is -4.59. The lowest BCUT2D eigenvalue weighted by Crippen LogP contribution is -2.50. The van der Waals surface area contributed by atoms with Crippen LogP contribution in [0, 0.1) is 11.8 Å². The molecule has 2 amide bonds. The van der Waals surface area contributed by atoms with Crippen LogP contribution < -0.4 is 19.4 Å². The quantitative estimate of drug-likeness (QED) is 0.303. The van der Waals surface area contributed by atoms with Crippen molar-refractivity contribution in [2.45, 2.75) is 44.6 Å². The molecule has 3 aliphatic rings. The molecule has 2 saturated heterocycles. The van der Waals surface area contributed by atoms with E-state index < -0.39 is 41.9 Å². The molecule has 2 aromatic heterocycles. The fourth-order valence-electron chi connectivity index (χ4n) is 6.22. The van der Waals surface area contributed by atoms with Crippen LogP contribution in [0.15, 0.2) is 66.0 Å². The zero-order valence-corrected chi connectivity index (χ0v) is 26.5. The summed E-state index contributed by atoms with van der Waals surface area (Å²) in [5, 5.41) is 5.33. The number of ether oxygens (including phenoxy) is 3. The number of imide groups is 1. The van der Waals surface area contributed by atoms with Gasteiger partial charge in [-0.05, 0) is 11.6 Å². The molecule has 248 valence electrons. The number of carbonyl (C=O) groups excluding carboxylic acids is 2. The summed E-state index contributed by atoms with van der Waals surface area (Å²) < 4.78 is 58.8. The van der Waals surface area contributed by atoms with Crippen molar-refractivity contribution < 1.29 is 37.0 Å². The molecule has 11 nitrogen and oxygen atoms in total. The van der Waals surface area contributed by atoms with Gasteiger partial charge in [0.1, 0.15) is 30.5 Å². The second-order valence-electron chi connectivity index (χ2n) is 11.7. The zero-order chi connectivity index (χ0) is 33.5. The number of alkyl halides is 3. The Labute approximate surface area is 273 Å². The summed E-state index contributed by atoms with van der Waals surface area (Å²) in [5.41, 5.74) is 0.432. The summed E-state index contributed by atoms with van der Waals surface area (Å²) >= 11 is 6.40. The van der Waals surface area contributed by atoms with Gasteiger partial charge >= 0.3 is 12.3 Å². The van der Waals surface area contributed by atoms with Crippen LogP contribution in [0.1, 0.15) is 31.9 Å². The van der Waals surface area contributed by atoms with Crippen molar-refractivity contribution in [3.8, 4) is 11.8 Å². The molecule has 1 aromatic carbocycles. The van der Waals surface area contributed by atoms with Gasteiger partial charge in [0.15, 0.2) is 0 Å². The van der Waals surface area contributed by atoms with Gasteiger partial charge in [-0.1, -0.05) is 55.8 Å². The number of methoxy groups -OCH3 is 1. The van der Waals surface area contributed by atoms with Gasteiger partial charge in [-0.15, -0.1) is 0 Å². The molecule has 2 unspecified atom stereocenters. The van der Waals surface area contributed by atoms with Gasteiger partial charge in [-0.3, -0.25) is 9.80 Å². The van der Waals surface area contributed by atoms with Crippen LogP contribution in [0.5, 0.6) is 11.8 Å². The first-order chi connectivity index (χ1) is 22.5. The van der Waals surface area contributed by atoms with Crippen LogP contribution in [0.2, 0.25) is 5.02 Å². The standard InChI is InChI=1S/C32H32ClF3N6O5/c1-18-16-40(23-13-27(45-3)38-15-22(23)33)12-11-25(18)47-26-10-9-21(14-37-26)42-28(19(2)29(39-42)32(34,35)36)30(43)41-24(17-46-31(41)44)20-7-5-4-6-8-20/h4-10,13-15,18-19,24-25,28H,11-12,16-17H2,1-3H3/t18?,19-,24?,25-,28+/m0/s1. The number of cyclic esters (lactones) is 1. The number of rotatable bonds is 7. The molecule has 0 spiro atoms. The molecule has 0 saturated carbocycles. The number of hydrazone groups is 1. The summed E-state index contributed by atoms with van der Waals surface area (Å²) in [4.78, 5) is 38.2. The number of halogens is 4. The smallest absolute Gasteiger partial charge is 0.431 e. The van der Waals surface area contributed by atoms with Crippen molar-refractivity contribution in [2.24, 2.45) is 16.9 Å².